The van der Waals surface area contributed by atoms with Crippen molar-refractivity contribution in [3.05, 3.63) is 51.8 Å². The zero-order chi connectivity index (χ0) is 20.1. The number of carbonyl (C=O) groups is 3. The number of esters is 2. The van der Waals surface area contributed by atoms with E-state index >= 15 is 0 Å². The first kappa shape index (κ1) is 20.2. The summed E-state index contributed by atoms with van der Waals surface area (Å²) in [4.78, 5) is 39.3. The Labute approximate surface area is 158 Å². The minimum Gasteiger partial charge on any atom is -0.461 e. The number of carbonyl (C=O) groups excluding carboxylic acids is 3. The third-order valence-electron chi connectivity index (χ3n) is 4.12. The lowest BCUT2D eigenvalue weighted by Gasteiger charge is -2.10. The molecule has 1 heterocycles. The van der Waals surface area contributed by atoms with Crippen LogP contribution >= 0.6 is 0 Å². The van der Waals surface area contributed by atoms with Gasteiger partial charge in [0.15, 0.2) is 6.61 Å². The van der Waals surface area contributed by atoms with Crippen molar-refractivity contribution < 1.29 is 23.9 Å². The van der Waals surface area contributed by atoms with Crippen LogP contribution in [0.2, 0.25) is 0 Å². The SMILES string of the molecule is CCOC(=O)c1[nH]c(C)c(C(=O)OCC(=O)Nc2cc(C)ccc2C)c1C. The van der Waals surface area contributed by atoms with E-state index < -0.39 is 24.5 Å². The van der Waals surface area contributed by atoms with Crippen LogP contribution in [0, 0.1) is 27.7 Å². The van der Waals surface area contributed by atoms with E-state index in [1.54, 1.807) is 20.8 Å². The van der Waals surface area contributed by atoms with Crippen LogP contribution in [0.25, 0.3) is 0 Å². The summed E-state index contributed by atoms with van der Waals surface area (Å²) < 4.78 is 10.1. The average Bonchev–Trinajstić information content (AvgIpc) is 2.91. The van der Waals surface area contributed by atoms with Crippen molar-refractivity contribution in [2.24, 2.45) is 0 Å². The molecule has 0 fully saturated rings. The maximum Gasteiger partial charge on any atom is 0.355 e. The van der Waals surface area contributed by atoms with Gasteiger partial charge in [0.1, 0.15) is 5.69 Å². The van der Waals surface area contributed by atoms with Crippen LogP contribution in [0.15, 0.2) is 18.2 Å². The molecule has 0 aliphatic heterocycles. The molecule has 0 aliphatic rings. The van der Waals surface area contributed by atoms with Crippen molar-refractivity contribution in [1.82, 2.24) is 4.98 Å². The summed E-state index contributed by atoms with van der Waals surface area (Å²) in [5.74, 6) is -1.65. The second-order valence-electron chi connectivity index (χ2n) is 6.29. The van der Waals surface area contributed by atoms with Gasteiger partial charge in [-0.3, -0.25) is 4.79 Å². The highest BCUT2D eigenvalue weighted by Crippen LogP contribution is 2.20. The Kier molecular flexibility index (Phi) is 6.39. The van der Waals surface area contributed by atoms with Gasteiger partial charge in [0.25, 0.3) is 5.91 Å². The molecule has 1 aromatic carbocycles. The number of aryl methyl sites for hydroxylation is 3. The number of hydrogen-bond acceptors (Lipinski definition) is 5. The second kappa shape index (κ2) is 8.53. The zero-order valence-electron chi connectivity index (χ0n) is 16.2. The molecular formula is C20H24N2O5. The van der Waals surface area contributed by atoms with E-state index in [4.69, 9.17) is 9.47 Å². The molecule has 0 radical (unpaired) electrons. The molecule has 7 heteroatoms. The molecular weight excluding hydrogens is 348 g/mol. The highest BCUT2D eigenvalue weighted by atomic mass is 16.5. The number of rotatable bonds is 6. The number of amides is 1. The van der Waals surface area contributed by atoms with E-state index in [0.717, 1.165) is 11.1 Å². The molecule has 0 saturated carbocycles. The zero-order valence-corrected chi connectivity index (χ0v) is 16.2. The third kappa shape index (κ3) is 4.75. The van der Waals surface area contributed by atoms with E-state index in [-0.39, 0.29) is 17.9 Å². The Morgan fingerprint density at radius 1 is 1.04 bits per heavy atom. The molecule has 27 heavy (non-hydrogen) atoms. The topological polar surface area (TPSA) is 97.5 Å². The Morgan fingerprint density at radius 3 is 2.41 bits per heavy atom. The number of aromatic nitrogens is 1. The van der Waals surface area contributed by atoms with Crippen LogP contribution in [0.4, 0.5) is 5.69 Å². The molecule has 0 atom stereocenters. The fourth-order valence-corrected chi connectivity index (χ4v) is 2.72. The highest BCUT2D eigenvalue weighted by molar-refractivity contribution is 6.00. The molecule has 0 aliphatic carbocycles. The molecule has 2 aromatic rings. The summed E-state index contributed by atoms with van der Waals surface area (Å²) in [6, 6.07) is 5.70. The minimum atomic E-state index is -0.673. The van der Waals surface area contributed by atoms with Gasteiger partial charge in [-0.05, 0) is 57.4 Å². The first-order valence-electron chi connectivity index (χ1n) is 8.65. The van der Waals surface area contributed by atoms with E-state index in [1.807, 2.05) is 32.0 Å². The van der Waals surface area contributed by atoms with Gasteiger partial charge in [0.2, 0.25) is 0 Å². The van der Waals surface area contributed by atoms with Gasteiger partial charge in [-0.2, -0.15) is 0 Å². The van der Waals surface area contributed by atoms with Crippen LogP contribution in [0.5, 0.6) is 0 Å². The van der Waals surface area contributed by atoms with E-state index in [2.05, 4.69) is 10.3 Å². The third-order valence-corrected chi connectivity index (χ3v) is 4.12. The van der Waals surface area contributed by atoms with Gasteiger partial charge in [-0.15, -0.1) is 0 Å². The van der Waals surface area contributed by atoms with Gasteiger partial charge < -0.3 is 19.8 Å². The number of anilines is 1. The Hall–Kier alpha value is -3.09. The summed E-state index contributed by atoms with van der Waals surface area (Å²) in [6.45, 7) is 8.59. The Morgan fingerprint density at radius 2 is 1.74 bits per heavy atom. The molecule has 1 amide bonds. The highest BCUT2D eigenvalue weighted by Gasteiger charge is 2.24. The van der Waals surface area contributed by atoms with Crippen LogP contribution < -0.4 is 5.32 Å². The summed E-state index contributed by atoms with van der Waals surface area (Å²) in [6.07, 6.45) is 0. The molecule has 0 saturated heterocycles. The predicted molar refractivity (Wildman–Crippen MR) is 101 cm³/mol. The lowest BCUT2D eigenvalue weighted by molar-refractivity contribution is -0.119. The van der Waals surface area contributed by atoms with E-state index in [0.29, 0.717) is 16.9 Å². The molecule has 2 rings (SSSR count). The van der Waals surface area contributed by atoms with Crippen molar-refractivity contribution in [3.8, 4) is 0 Å². The fourth-order valence-electron chi connectivity index (χ4n) is 2.72. The van der Waals surface area contributed by atoms with Crippen molar-refractivity contribution >= 4 is 23.5 Å². The molecule has 0 unspecified atom stereocenters. The number of hydrogen-bond donors (Lipinski definition) is 2. The molecule has 7 nitrogen and oxygen atoms in total. The van der Waals surface area contributed by atoms with Crippen LogP contribution in [0.1, 0.15) is 50.2 Å². The summed E-state index contributed by atoms with van der Waals surface area (Å²) in [7, 11) is 0. The lowest BCUT2D eigenvalue weighted by atomic mass is 10.1. The van der Waals surface area contributed by atoms with Gasteiger partial charge in [0.05, 0.1) is 12.2 Å². The number of benzene rings is 1. The second-order valence-corrected chi connectivity index (χ2v) is 6.29. The first-order valence-corrected chi connectivity index (χ1v) is 8.65. The standard InChI is InChI=1S/C20H24N2O5/c1-6-26-20(25)18-13(4)17(14(5)21-18)19(24)27-10-16(23)22-15-9-11(2)7-8-12(15)3/h7-9,21H,6,10H2,1-5H3,(H,22,23). The van der Waals surface area contributed by atoms with Crippen molar-refractivity contribution in [1.29, 1.82) is 0 Å². The number of H-pyrrole nitrogens is 1. The Balaban J connectivity index is 2.04. The fraction of sp³-hybridized carbons (Fsp3) is 0.350. The van der Waals surface area contributed by atoms with Crippen molar-refractivity contribution in [2.45, 2.75) is 34.6 Å². The monoisotopic (exact) mass is 372 g/mol. The van der Waals surface area contributed by atoms with Crippen LogP contribution in [-0.2, 0) is 14.3 Å². The first-order chi connectivity index (χ1) is 12.7. The number of nitrogens with one attached hydrogen (secondary N) is 2. The quantitative estimate of drug-likeness (QED) is 0.759. The molecule has 0 spiro atoms. The molecule has 0 bridgehead atoms. The number of aromatic amines is 1. The summed E-state index contributed by atoms with van der Waals surface area (Å²) in [5.41, 5.74) is 3.96. The molecule has 1 aromatic heterocycles. The van der Waals surface area contributed by atoms with Crippen molar-refractivity contribution in [2.75, 3.05) is 18.5 Å². The number of ether oxygens (including phenoxy) is 2. The maximum atomic E-state index is 12.4. The smallest absolute Gasteiger partial charge is 0.355 e. The largest absolute Gasteiger partial charge is 0.461 e. The van der Waals surface area contributed by atoms with Gasteiger partial charge in [-0.1, -0.05) is 12.1 Å². The lowest BCUT2D eigenvalue weighted by Crippen LogP contribution is -2.22. The van der Waals surface area contributed by atoms with Gasteiger partial charge in [0, 0.05) is 11.4 Å². The minimum absolute atomic E-state index is 0.209. The van der Waals surface area contributed by atoms with Crippen LogP contribution in [-0.4, -0.2) is 36.0 Å². The van der Waals surface area contributed by atoms with Crippen molar-refractivity contribution in [3.63, 3.8) is 0 Å². The predicted octanol–water partition coefficient (Wildman–Crippen LogP) is 3.22. The van der Waals surface area contributed by atoms with E-state index in [1.165, 1.54) is 0 Å². The van der Waals surface area contributed by atoms with Gasteiger partial charge >= 0.3 is 11.9 Å². The average molecular weight is 372 g/mol. The van der Waals surface area contributed by atoms with E-state index in [9.17, 15) is 14.4 Å². The summed E-state index contributed by atoms with van der Waals surface area (Å²) in [5, 5.41) is 2.73. The normalized spacial score (nSPS) is 10.4. The van der Waals surface area contributed by atoms with Gasteiger partial charge in [-0.25, -0.2) is 9.59 Å². The maximum absolute atomic E-state index is 12.4. The molecule has 144 valence electrons. The summed E-state index contributed by atoms with van der Waals surface area (Å²) >= 11 is 0. The Bertz CT molecular complexity index is 883. The van der Waals surface area contributed by atoms with Crippen LogP contribution in [0.3, 0.4) is 0 Å². The molecule has 2 N–H and O–H groups in total.